The topological polar surface area (TPSA) is 99.8 Å². The first-order chi connectivity index (χ1) is 16.1. The molecule has 4 aromatic rings. The Balaban J connectivity index is 1.42. The quantitative estimate of drug-likeness (QED) is 0.474. The molecule has 1 saturated heterocycles. The summed E-state index contributed by atoms with van der Waals surface area (Å²) in [5.41, 5.74) is 3.86. The molecule has 0 saturated carbocycles. The van der Waals surface area contributed by atoms with Gasteiger partial charge in [-0.1, -0.05) is 12.1 Å². The van der Waals surface area contributed by atoms with Gasteiger partial charge in [0.25, 0.3) is 5.91 Å². The molecule has 0 bridgehead atoms. The molecule has 2 aromatic carbocycles. The number of nitrogens with one attached hydrogen (secondary N) is 1. The number of nitrogens with zero attached hydrogens (tertiary/aromatic N) is 4. The second kappa shape index (κ2) is 8.74. The average Bonchev–Trinajstić information content (AvgIpc) is 3.34. The SMILES string of the molecule is O=C(O)c1ccc(Nc2nc(-c3ccc(C(=O)N4CCCCC4)cc3)cn3ccnc23)cc1. The summed E-state index contributed by atoms with van der Waals surface area (Å²) in [4.78, 5) is 34.9. The highest BCUT2D eigenvalue weighted by atomic mass is 16.4. The second-order valence-corrected chi connectivity index (χ2v) is 8.07. The van der Waals surface area contributed by atoms with Crippen LogP contribution in [0, 0.1) is 0 Å². The van der Waals surface area contributed by atoms with Gasteiger partial charge >= 0.3 is 5.97 Å². The maximum absolute atomic E-state index is 12.8. The number of carboxylic acid groups (broad SMARTS) is 1. The van der Waals surface area contributed by atoms with Crippen molar-refractivity contribution in [3.63, 3.8) is 0 Å². The largest absolute Gasteiger partial charge is 0.478 e. The van der Waals surface area contributed by atoms with E-state index in [0.717, 1.165) is 37.2 Å². The number of rotatable bonds is 5. The number of aromatic carboxylic acids is 1. The summed E-state index contributed by atoms with van der Waals surface area (Å²) >= 11 is 0. The number of anilines is 2. The van der Waals surface area contributed by atoms with Gasteiger partial charge in [0.15, 0.2) is 11.5 Å². The zero-order valence-corrected chi connectivity index (χ0v) is 17.9. The van der Waals surface area contributed by atoms with E-state index in [2.05, 4.69) is 10.3 Å². The molecule has 2 N–H and O–H groups in total. The van der Waals surface area contributed by atoms with Crippen LogP contribution in [0.1, 0.15) is 40.0 Å². The Morgan fingerprint density at radius 2 is 1.61 bits per heavy atom. The second-order valence-electron chi connectivity index (χ2n) is 8.07. The van der Waals surface area contributed by atoms with Crippen LogP contribution in [0.3, 0.4) is 0 Å². The van der Waals surface area contributed by atoms with Gasteiger partial charge in [0.1, 0.15) is 0 Å². The number of carbonyl (C=O) groups excluding carboxylic acids is 1. The fourth-order valence-corrected chi connectivity index (χ4v) is 4.05. The zero-order chi connectivity index (χ0) is 22.8. The van der Waals surface area contributed by atoms with Crippen LogP contribution in [0.15, 0.2) is 67.1 Å². The smallest absolute Gasteiger partial charge is 0.335 e. The molecule has 5 rings (SSSR count). The van der Waals surface area contributed by atoms with Gasteiger partial charge < -0.3 is 19.7 Å². The maximum Gasteiger partial charge on any atom is 0.335 e. The molecular formula is C25H23N5O3. The number of amides is 1. The molecule has 1 aliphatic heterocycles. The molecule has 8 heteroatoms. The van der Waals surface area contributed by atoms with E-state index < -0.39 is 5.97 Å². The van der Waals surface area contributed by atoms with Gasteiger partial charge in [-0.2, -0.15) is 0 Å². The predicted molar refractivity (Wildman–Crippen MR) is 125 cm³/mol. The van der Waals surface area contributed by atoms with Crippen molar-refractivity contribution in [3.8, 4) is 11.3 Å². The number of carbonyl (C=O) groups is 2. The minimum absolute atomic E-state index is 0.0754. The fraction of sp³-hybridized carbons (Fsp3) is 0.200. The molecule has 3 heterocycles. The summed E-state index contributed by atoms with van der Waals surface area (Å²) in [6.07, 6.45) is 8.74. The number of aromatic nitrogens is 3. The van der Waals surface area contributed by atoms with E-state index in [-0.39, 0.29) is 11.5 Å². The van der Waals surface area contributed by atoms with Crippen LogP contribution in [0.2, 0.25) is 0 Å². The van der Waals surface area contributed by atoms with Crippen molar-refractivity contribution in [3.05, 3.63) is 78.2 Å². The summed E-state index contributed by atoms with van der Waals surface area (Å²) in [5, 5.41) is 12.3. The first-order valence-electron chi connectivity index (χ1n) is 10.9. The summed E-state index contributed by atoms with van der Waals surface area (Å²) in [7, 11) is 0. The average molecular weight is 441 g/mol. The molecule has 1 amide bonds. The van der Waals surface area contributed by atoms with Crippen LogP contribution < -0.4 is 5.32 Å². The number of piperidine rings is 1. The monoisotopic (exact) mass is 441 g/mol. The number of hydrogen-bond acceptors (Lipinski definition) is 5. The van der Waals surface area contributed by atoms with Crippen LogP contribution >= 0.6 is 0 Å². The Hall–Kier alpha value is -4.20. The third-order valence-electron chi connectivity index (χ3n) is 5.84. The van der Waals surface area contributed by atoms with Crippen molar-refractivity contribution < 1.29 is 14.7 Å². The van der Waals surface area contributed by atoms with E-state index in [0.29, 0.717) is 22.7 Å². The molecule has 2 aromatic heterocycles. The molecule has 0 radical (unpaired) electrons. The van der Waals surface area contributed by atoms with Gasteiger partial charge in [-0.3, -0.25) is 4.79 Å². The summed E-state index contributed by atoms with van der Waals surface area (Å²) in [6, 6.07) is 14.0. The van der Waals surface area contributed by atoms with Crippen LogP contribution in [0.25, 0.3) is 16.9 Å². The van der Waals surface area contributed by atoms with Crippen LogP contribution in [0.5, 0.6) is 0 Å². The molecule has 0 aliphatic carbocycles. The number of benzene rings is 2. The molecule has 0 atom stereocenters. The highest BCUT2D eigenvalue weighted by Gasteiger charge is 2.18. The van der Waals surface area contributed by atoms with Crippen LogP contribution in [-0.4, -0.2) is 49.3 Å². The Labute approximate surface area is 190 Å². The Morgan fingerprint density at radius 3 is 2.30 bits per heavy atom. The van der Waals surface area contributed by atoms with Crippen LogP contribution in [0.4, 0.5) is 11.5 Å². The lowest BCUT2D eigenvalue weighted by Gasteiger charge is -2.26. The first-order valence-corrected chi connectivity index (χ1v) is 10.9. The van der Waals surface area contributed by atoms with E-state index in [4.69, 9.17) is 10.1 Å². The zero-order valence-electron chi connectivity index (χ0n) is 17.9. The number of hydrogen-bond donors (Lipinski definition) is 2. The van der Waals surface area contributed by atoms with Crippen molar-refractivity contribution in [1.29, 1.82) is 0 Å². The van der Waals surface area contributed by atoms with Crippen LogP contribution in [-0.2, 0) is 0 Å². The van der Waals surface area contributed by atoms with E-state index in [1.54, 1.807) is 18.3 Å². The Bertz CT molecular complexity index is 1310. The summed E-state index contributed by atoms with van der Waals surface area (Å²) in [5.74, 6) is -0.347. The molecule has 1 fully saturated rings. The number of carboxylic acids is 1. The minimum atomic E-state index is -0.973. The summed E-state index contributed by atoms with van der Waals surface area (Å²) in [6.45, 7) is 1.64. The lowest BCUT2D eigenvalue weighted by atomic mass is 10.1. The van der Waals surface area contributed by atoms with E-state index in [1.165, 1.54) is 18.6 Å². The first kappa shape index (κ1) is 20.7. The molecule has 166 valence electrons. The number of likely N-dealkylation sites (tertiary alicyclic amines) is 1. The molecule has 1 aliphatic rings. The molecule has 8 nitrogen and oxygen atoms in total. The molecule has 0 spiro atoms. The van der Waals surface area contributed by atoms with Crippen molar-refractivity contribution in [2.24, 2.45) is 0 Å². The van der Waals surface area contributed by atoms with Crippen molar-refractivity contribution in [2.75, 3.05) is 18.4 Å². The van der Waals surface area contributed by atoms with Crippen molar-refractivity contribution in [2.45, 2.75) is 19.3 Å². The van der Waals surface area contributed by atoms with E-state index >= 15 is 0 Å². The standard InChI is InChI=1S/C25H23N5O3/c31-24(29-13-2-1-3-14-29)18-6-4-17(5-7-18)21-16-30-15-12-26-23(30)22(28-21)27-20-10-8-19(9-11-20)25(32)33/h4-12,15-16H,1-3,13-14H2,(H,27,28)(H,32,33). The Kier molecular flexibility index (Phi) is 5.48. The maximum atomic E-state index is 12.8. The van der Waals surface area contributed by atoms with Gasteiger partial charge in [0.05, 0.1) is 11.3 Å². The number of fused-ring (bicyclic) bond motifs is 1. The lowest BCUT2D eigenvalue weighted by molar-refractivity contribution is 0.0694. The van der Waals surface area contributed by atoms with Gasteiger partial charge in [-0.05, 0) is 55.7 Å². The lowest BCUT2D eigenvalue weighted by Crippen LogP contribution is -2.35. The predicted octanol–water partition coefficient (Wildman–Crippen LogP) is 4.46. The van der Waals surface area contributed by atoms with Gasteiger partial charge in [0, 0.05) is 48.5 Å². The normalized spacial score (nSPS) is 13.8. The minimum Gasteiger partial charge on any atom is -0.478 e. The Morgan fingerprint density at radius 1 is 0.909 bits per heavy atom. The van der Waals surface area contributed by atoms with Crippen molar-refractivity contribution >= 4 is 29.0 Å². The molecular weight excluding hydrogens is 418 g/mol. The third kappa shape index (κ3) is 4.27. The molecule has 0 unspecified atom stereocenters. The summed E-state index contributed by atoms with van der Waals surface area (Å²) < 4.78 is 1.88. The van der Waals surface area contributed by atoms with Gasteiger partial charge in [-0.15, -0.1) is 0 Å². The molecule has 33 heavy (non-hydrogen) atoms. The van der Waals surface area contributed by atoms with Gasteiger partial charge in [-0.25, -0.2) is 14.8 Å². The van der Waals surface area contributed by atoms with Gasteiger partial charge in [0.2, 0.25) is 0 Å². The highest BCUT2D eigenvalue weighted by molar-refractivity contribution is 5.94. The fourth-order valence-electron chi connectivity index (χ4n) is 4.05. The van der Waals surface area contributed by atoms with E-state index in [9.17, 15) is 9.59 Å². The number of imidazole rings is 1. The van der Waals surface area contributed by atoms with E-state index in [1.807, 2.05) is 46.0 Å². The third-order valence-corrected chi connectivity index (χ3v) is 5.84. The highest BCUT2D eigenvalue weighted by Crippen LogP contribution is 2.25. The van der Waals surface area contributed by atoms with Crippen molar-refractivity contribution in [1.82, 2.24) is 19.3 Å².